The average molecular weight is 553 g/mol. The quantitative estimate of drug-likeness (QED) is 0.110. The minimum absolute atomic E-state index is 0.0745. The van der Waals surface area contributed by atoms with Gasteiger partial charge in [-0.15, -0.1) is 0 Å². The maximum atomic E-state index is 12.9. The van der Waals surface area contributed by atoms with Gasteiger partial charge >= 0.3 is 5.97 Å². The summed E-state index contributed by atoms with van der Waals surface area (Å²) in [5.41, 5.74) is 3.70. The van der Waals surface area contributed by atoms with E-state index >= 15 is 0 Å². The largest absolute Gasteiger partial charge is 0.489 e. The maximum absolute atomic E-state index is 12.9. The van der Waals surface area contributed by atoms with Crippen molar-refractivity contribution in [2.45, 2.75) is 20.5 Å². The van der Waals surface area contributed by atoms with Crippen LogP contribution in [0.3, 0.4) is 0 Å². The summed E-state index contributed by atoms with van der Waals surface area (Å²) in [4.78, 5) is 25.3. The fourth-order valence-corrected chi connectivity index (χ4v) is 4.30. The molecule has 200 valence electrons. The predicted octanol–water partition coefficient (Wildman–Crippen LogP) is 8.05. The molecule has 0 N–H and O–H groups in total. The first-order valence-electron chi connectivity index (χ1n) is 12.5. The Kier molecular flexibility index (Phi) is 7.99. The molecule has 0 spiro atoms. The van der Waals surface area contributed by atoms with Crippen LogP contribution >= 0.6 is 11.6 Å². The van der Waals surface area contributed by atoms with E-state index in [1.54, 1.807) is 12.1 Å². The van der Waals surface area contributed by atoms with Gasteiger partial charge in [-0.05, 0) is 79.1 Å². The molecule has 1 heterocycles. The van der Waals surface area contributed by atoms with Crippen molar-refractivity contribution in [3.8, 4) is 23.0 Å². The molecular formula is C33H25ClO6. The number of ether oxygens (including phenoxy) is 3. The lowest BCUT2D eigenvalue weighted by atomic mass is 10.1. The Balaban J connectivity index is 1.20. The number of carbonyl (C=O) groups excluding carboxylic acids is 1. The Morgan fingerprint density at radius 3 is 2.35 bits per heavy atom. The summed E-state index contributed by atoms with van der Waals surface area (Å²) < 4.78 is 22.6. The highest BCUT2D eigenvalue weighted by atomic mass is 35.5. The zero-order valence-electron chi connectivity index (χ0n) is 21.8. The van der Waals surface area contributed by atoms with E-state index in [-0.39, 0.29) is 22.5 Å². The summed E-state index contributed by atoms with van der Waals surface area (Å²) in [6.45, 7) is 4.26. The molecule has 0 unspecified atom stereocenters. The molecule has 0 atom stereocenters. The normalized spacial score (nSPS) is 11.1. The van der Waals surface area contributed by atoms with Crippen molar-refractivity contribution in [3.05, 3.63) is 135 Å². The van der Waals surface area contributed by atoms with Gasteiger partial charge in [0, 0.05) is 22.7 Å². The molecule has 0 radical (unpaired) electrons. The second kappa shape index (κ2) is 11.9. The van der Waals surface area contributed by atoms with Crippen LogP contribution in [0.5, 0.6) is 23.0 Å². The van der Waals surface area contributed by atoms with Gasteiger partial charge in [0.25, 0.3) is 0 Å². The standard InChI is InChI=1S/C33H25ClO6/c1-21-15-22(2)17-27(16-21)39-31-20-38-30-18-26(12-13-28(30)33(31)36)40-32(35)14-9-23-7-10-25(11-8-23)37-19-24-5-3-4-6-29(24)34/h3-18,20H,19H2,1-2H3/b14-9+. The van der Waals surface area contributed by atoms with Crippen molar-refractivity contribution < 1.29 is 23.4 Å². The van der Waals surface area contributed by atoms with Gasteiger partial charge in [-0.25, -0.2) is 4.79 Å². The number of esters is 1. The third kappa shape index (κ3) is 6.60. The molecule has 5 rings (SSSR count). The Hall–Kier alpha value is -4.81. The molecule has 0 aliphatic heterocycles. The zero-order chi connectivity index (χ0) is 28.1. The number of hydrogen-bond donors (Lipinski definition) is 0. The van der Waals surface area contributed by atoms with E-state index < -0.39 is 5.97 Å². The lowest BCUT2D eigenvalue weighted by Gasteiger charge is -2.08. The first-order chi connectivity index (χ1) is 19.3. The zero-order valence-corrected chi connectivity index (χ0v) is 22.6. The highest BCUT2D eigenvalue weighted by Crippen LogP contribution is 2.26. The van der Waals surface area contributed by atoms with Gasteiger partial charge < -0.3 is 18.6 Å². The lowest BCUT2D eigenvalue weighted by Crippen LogP contribution is -2.06. The smallest absolute Gasteiger partial charge is 0.336 e. The van der Waals surface area contributed by atoms with Crippen LogP contribution in [0, 0.1) is 13.8 Å². The Morgan fingerprint density at radius 1 is 0.875 bits per heavy atom. The minimum atomic E-state index is -0.574. The number of carbonyl (C=O) groups is 1. The third-order valence-electron chi connectivity index (χ3n) is 6.00. The molecule has 0 aliphatic rings. The molecule has 0 aliphatic carbocycles. The average Bonchev–Trinajstić information content (AvgIpc) is 2.93. The Bertz CT molecular complexity index is 1750. The van der Waals surface area contributed by atoms with Crippen LogP contribution in [0.15, 0.2) is 106 Å². The predicted molar refractivity (Wildman–Crippen MR) is 155 cm³/mol. The van der Waals surface area contributed by atoms with Gasteiger partial charge in [-0.3, -0.25) is 4.79 Å². The summed E-state index contributed by atoms with van der Waals surface area (Å²) in [7, 11) is 0. The Morgan fingerprint density at radius 2 is 1.60 bits per heavy atom. The first-order valence-corrected chi connectivity index (χ1v) is 12.9. The molecule has 0 saturated carbocycles. The van der Waals surface area contributed by atoms with Crippen LogP contribution in [-0.2, 0) is 11.4 Å². The van der Waals surface area contributed by atoms with Gasteiger partial charge in [0.05, 0.1) is 5.39 Å². The second-order valence-corrected chi connectivity index (χ2v) is 9.62. The van der Waals surface area contributed by atoms with Crippen LogP contribution < -0.4 is 19.6 Å². The molecule has 0 bridgehead atoms. The minimum Gasteiger partial charge on any atom is -0.489 e. The van der Waals surface area contributed by atoms with Crippen LogP contribution in [0.2, 0.25) is 5.02 Å². The molecule has 0 amide bonds. The fourth-order valence-electron chi connectivity index (χ4n) is 4.11. The van der Waals surface area contributed by atoms with E-state index in [0.29, 0.717) is 28.5 Å². The number of aryl methyl sites for hydroxylation is 2. The van der Waals surface area contributed by atoms with Crippen molar-refractivity contribution in [3.63, 3.8) is 0 Å². The van der Waals surface area contributed by atoms with E-state index in [9.17, 15) is 9.59 Å². The highest BCUT2D eigenvalue weighted by Gasteiger charge is 2.12. The van der Waals surface area contributed by atoms with E-state index in [4.69, 9.17) is 30.2 Å². The van der Waals surface area contributed by atoms with Gasteiger partial charge in [0.15, 0.2) is 0 Å². The summed E-state index contributed by atoms with van der Waals surface area (Å²) >= 11 is 6.17. The maximum Gasteiger partial charge on any atom is 0.336 e. The second-order valence-electron chi connectivity index (χ2n) is 9.22. The molecule has 6 nitrogen and oxygen atoms in total. The summed E-state index contributed by atoms with van der Waals surface area (Å²) in [6.07, 6.45) is 4.22. The number of halogens is 1. The van der Waals surface area contributed by atoms with Crippen molar-refractivity contribution in [2.75, 3.05) is 0 Å². The Labute approximate surface area is 236 Å². The number of rotatable bonds is 8. The van der Waals surface area contributed by atoms with E-state index in [2.05, 4.69) is 0 Å². The molecule has 4 aromatic carbocycles. The van der Waals surface area contributed by atoms with Crippen molar-refractivity contribution in [1.29, 1.82) is 0 Å². The van der Waals surface area contributed by atoms with Crippen molar-refractivity contribution in [2.24, 2.45) is 0 Å². The van der Waals surface area contributed by atoms with E-state index in [0.717, 1.165) is 22.3 Å². The van der Waals surface area contributed by atoms with Crippen LogP contribution in [0.25, 0.3) is 17.0 Å². The van der Waals surface area contributed by atoms with Gasteiger partial charge in [-0.2, -0.15) is 0 Å². The number of fused-ring (bicyclic) bond motifs is 1. The fraction of sp³-hybridized carbons (Fsp3) is 0.0909. The summed E-state index contributed by atoms with van der Waals surface area (Å²) in [6, 6.07) is 25.1. The molecule has 0 saturated heterocycles. The van der Waals surface area contributed by atoms with Gasteiger partial charge in [0.1, 0.15) is 35.7 Å². The van der Waals surface area contributed by atoms with Crippen LogP contribution in [-0.4, -0.2) is 5.97 Å². The molecule has 0 fully saturated rings. The highest BCUT2D eigenvalue weighted by molar-refractivity contribution is 6.31. The van der Waals surface area contributed by atoms with Gasteiger partial charge in [0.2, 0.25) is 11.2 Å². The third-order valence-corrected chi connectivity index (χ3v) is 6.37. The molecule has 5 aromatic rings. The van der Waals surface area contributed by atoms with Gasteiger partial charge in [-0.1, -0.05) is 48.0 Å². The molecule has 7 heteroatoms. The number of hydrogen-bond acceptors (Lipinski definition) is 6. The summed E-state index contributed by atoms with van der Waals surface area (Å²) in [5, 5.41) is 0.968. The molecule has 1 aromatic heterocycles. The van der Waals surface area contributed by atoms with Crippen LogP contribution in [0.1, 0.15) is 22.3 Å². The van der Waals surface area contributed by atoms with E-state index in [1.807, 2.05) is 80.6 Å². The molecular weight excluding hydrogens is 528 g/mol. The monoisotopic (exact) mass is 552 g/mol. The topological polar surface area (TPSA) is 75.0 Å². The van der Waals surface area contributed by atoms with Crippen molar-refractivity contribution >= 4 is 34.6 Å². The van der Waals surface area contributed by atoms with E-state index in [1.165, 1.54) is 24.5 Å². The lowest BCUT2D eigenvalue weighted by molar-refractivity contribution is -0.128. The van der Waals surface area contributed by atoms with Crippen LogP contribution in [0.4, 0.5) is 0 Å². The SMILES string of the molecule is Cc1cc(C)cc(Oc2coc3cc(OC(=O)/C=C/c4ccc(OCc5ccccc5Cl)cc4)ccc3c2=O)c1. The molecule has 40 heavy (non-hydrogen) atoms. The number of benzene rings is 4. The van der Waals surface area contributed by atoms with Crippen molar-refractivity contribution in [1.82, 2.24) is 0 Å². The first kappa shape index (κ1) is 26.8. The summed E-state index contributed by atoms with van der Waals surface area (Å²) in [5.74, 6) is 0.984.